The van der Waals surface area contributed by atoms with Gasteiger partial charge in [0.05, 0.1) is 17.1 Å². The highest BCUT2D eigenvalue weighted by Crippen LogP contribution is 2.39. The molecule has 0 fully saturated rings. The van der Waals surface area contributed by atoms with Crippen LogP contribution in [-0.2, 0) is 0 Å². The standard InChI is InChI=1S/C22H19N3O/c1-2-14-24-20(16-21(26)17-9-4-3-5-10-17)19-12-8-15-25(19)22(24)18-11-6-7-13-23-18/h2-13,15-16,22H,1,14H2/b20-16+. The van der Waals surface area contributed by atoms with E-state index in [-0.39, 0.29) is 11.9 Å². The highest BCUT2D eigenvalue weighted by Gasteiger charge is 2.34. The fourth-order valence-corrected chi connectivity index (χ4v) is 3.39. The second kappa shape index (κ2) is 6.84. The Balaban J connectivity index is 1.80. The number of nitrogens with zero attached hydrogens (tertiary/aromatic N) is 3. The third-order valence-corrected chi connectivity index (χ3v) is 4.51. The van der Waals surface area contributed by atoms with Crippen LogP contribution in [0.1, 0.15) is 27.9 Å². The fraction of sp³-hybridized carbons (Fsp3) is 0.0909. The molecule has 0 radical (unpaired) electrons. The van der Waals surface area contributed by atoms with Gasteiger partial charge in [-0.3, -0.25) is 9.78 Å². The maximum absolute atomic E-state index is 12.8. The number of allylic oxidation sites excluding steroid dienone is 1. The molecule has 0 saturated carbocycles. The van der Waals surface area contributed by atoms with Crippen molar-refractivity contribution in [3.8, 4) is 0 Å². The van der Waals surface area contributed by atoms with E-state index in [0.717, 1.165) is 17.1 Å². The summed E-state index contributed by atoms with van der Waals surface area (Å²) in [5, 5.41) is 0. The predicted octanol–water partition coefficient (Wildman–Crippen LogP) is 4.16. The van der Waals surface area contributed by atoms with E-state index in [2.05, 4.69) is 21.0 Å². The molecule has 3 heterocycles. The number of rotatable bonds is 5. The third-order valence-electron chi connectivity index (χ3n) is 4.51. The smallest absolute Gasteiger partial charge is 0.187 e. The van der Waals surface area contributed by atoms with Crippen LogP contribution in [0.5, 0.6) is 0 Å². The van der Waals surface area contributed by atoms with Crippen molar-refractivity contribution in [1.82, 2.24) is 14.5 Å². The molecule has 1 aliphatic rings. The number of pyridine rings is 1. The van der Waals surface area contributed by atoms with E-state index in [9.17, 15) is 4.79 Å². The minimum absolute atomic E-state index is 0.0101. The molecule has 1 aromatic carbocycles. The first-order valence-electron chi connectivity index (χ1n) is 8.56. The lowest BCUT2D eigenvalue weighted by atomic mass is 10.1. The molecule has 128 valence electrons. The Morgan fingerprint density at radius 3 is 2.62 bits per heavy atom. The molecule has 0 saturated heterocycles. The molecule has 1 atom stereocenters. The molecule has 1 aliphatic heterocycles. The SMILES string of the molecule is C=CCN1/C(=C/C(=O)c2ccccc2)c2cccn2C1c1ccccn1. The van der Waals surface area contributed by atoms with Crippen LogP contribution in [0.3, 0.4) is 0 Å². The van der Waals surface area contributed by atoms with Crippen LogP contribution in [0.15, 0.2) is 91.8 Å². The molecule has 4 rings (SSSR count). The lowest BCUT2D eigenvalue weighted by molar-refractivity contribution is 0.104. The summed E-state index contributed by atoms with van der Waals surface area (Å²) in [4.78, 5) is 19.5. The molecule has 0 amide bonds. The van der Waals surface area contributed by atoms with Gasteiger partial charge in [-0.1, -0.05) is 42.5 Å². The van der Waals surface area contributed by atoms with Crippen LogP contribution in [0.4, 0.5) is 0 Å². The Morgan fingerprint density at radius 1 is 1.08 bits per heavy atom. The molecule has 1 unspecified atom stereocenters. The van der Waals surface area contributed by atoms with Crippen LogP contribution < -0.4 is 0 Å². The van der Waals surface area contributed by atoms with Gasteiger partial charge in [-0.25, -0.2) is 0 Å². The Morgan fingerprint density at radius 2 is 1.88 bits per heavy atom. The molecule has 26 heavy (non-hydrogen) atoms. The van der Waals surface area contributed by atoms with Gasteiger partial charge in [-0.15, -0.1) is 6.58 Å². The van der Waals surface area contributed by atoms with Crippen molar-refractivity contribution < 1.29 is 4.79 Å². The van der Waals surface area contributed by atoms with Gasteiger partial charge in [-0.2, -0.15) is 0 Å². The van der Waals surface area contributed by atoms with Gasteiger partial charge >= 0.3 is 0 Å². The first-order chi connectivity index (χ1) is 12.8. The van der Waals surface area contributed by atoms with E-state index < -0.39 is 0 Å². The Bertz CT molecular complexity index is 957. The van der Waals surface area contributed by atoms with Gasteiger partial charge in [-0.05, 0) is 24.3 Å². The normalized spacial score (nSPS) is 17.3. The molecule has 0 spiro atoms. The number of hydrogen-bond acceptors (Lipinski definition) is 3. The van der Waals surface area contributed by atoms with Crippen LogP contribution in [0, 0.1) is 0 Å². The van der Waals surface area contributed by atoms with Crippen molar-refractivity contribution in [3.05, 3.63) is 109 Å². The Labute approximate surface area is 152 Å². The van der Waals surface area contributed by atoms with Crippen LogP contribution in [-0.4, -0.2) is 26.8 Å². The zero-order valence-corrected chi connectivity index (χ0v) is 14.3. The minimum atomic E-state index is -0.0889. The number of carbonyl (C=O) groups is 1. The van der Waals surface area contributed by atoms with Gasteiger partial charge in [0.25, 0.3) is 0 Å². The number of carbonyl (C=O) groups excluding carboxylic acids is 1. The lowest BCUT2D eigenvalue weighted by Gasteiger charge is -2.26. The second-order valence-electron chi connectivity index (χ2n) is 6.13. The van der Waals surface area contributed by atoms with E-state index in [1.165, 1.54) is 0 Å². The molecule has 4 nitrogen and oxygen atoms in total. The summed E-state index contributed by atoms with van der Waals surface area (Å²) in [6, 6.07) is 19.3. The molecule has 4 heteroatoms. The van der Waals surface area contributed by atoms with Gasteiger partial charge in [0.1, 0.15) is 6.17 Å². The third kappa shape index (κ3) is 2.75. The van der Waals surface area contributed by atoms with Crippen molar-refractivity contribution in [2.24, 2.45) is 0 Å². The summed E-state index contributed by atoms with van der Waals surface area (Å²) < 4.78 is 2.15. The van der Waals surface area contributed by atoms with E-state index in [1.54, 1.807) is 12.3 Å². The first kappa shape index (κ1) is 16.1. The molecular formula is C22H19N3O. The first-order valence-corrected chi connectivity index (χ1v) is 8.56. The largest absolute Gasteiger partial charge is 0.340 e. The Kier molecular flexibility index (Phi) is 4.23. The van der Waals surface area contributed by atoms with Crippen LogP contribution in [0.2, 0.25) is 0 Å². The highest BCUT2D eigenvalue weighted by atomic mass is 16.1. The quantitative estimate of drug-likeness (QED) is 0.397. The maximum Gasteiger partial charge on any atom is 0.187 e. The number of ketones is 1. The Hall–Kier alpha value is -3.40. The zero-order chi connectivity index (χ0) is 17.9. The lowest BCUT2D eigenvalue weighted by Crippen LogP contribution is -2.26. The molecular weight excluding hydrogens is 322 g/mol. The maximum atomic E-state index is 12.8. The summed E-state index contributed by atoms with van der Waals surface area (Å²) in [6.07, 6.45) is 7.30. The van der Waals surface area contributed by atoms with Crippen LogP contribution in [0.25, 0.3) is 5.70 Å². The fourth-order valence-electron chi connectivity index (χ4n) is 3.39. The van der Waals surface area contributed by atoms with E-state index in [4.69, 9.17) is 0 Å². The highest BCUT2D eigenvalue weighted by molar-refractivity contribution is 6.08. The van der Waals surface area contributed by atoms with E-state index in [0.29, 0.717) is 12.1 Å². The van der Waals surface area contributed by atoms with Crippen molar-refractivity contribution in [1.29, 1.82) is 0 Å². The monoisotopic (exact) mass is 341 g/mol. The average molecular weight is 341 g/mol. The van der Waals surface area contributed by atoms with Crippen molar-refractivity contribution >= 4 is 11.5 Å². The molecule has 2 aromatic heterocycles. The van der Waals surface area contributed by atoms with Gasteiger partial charge in [0, 0.05) is 30.6 Å². The number of fused-ring (bicyclic) bond motifs is 1. The van der Waals surface area contributed by atoms with E-state index >= 15 is 0 Å². The van der Waals surface area contributed by atoms with Gasteiger partial charge in [0.15, 0.2) is 5.78 Å². The summed E-state index contributed by atoms with van der Waals surface area (Å²) in [7, 11) is 0. The van der Waals surface area contributed by atoms with Crippen molar-refractivity contribution in [2.75, 3.05) is 6.54 Å². The van der Waals surface area contributed by atoms with Crippen LogP contribution >= 0.6 is 0 Å². The van der Waals surface area contributed by atoms with E-state index in [1.807, 2.05) is 72.9 Å². The average Bonchev–Trinajstić information content (AvgIpc) is 3.26. The number of aromatic nitrogens is 2. The topological polar surface area (TPSA) is 38.1 Å². The van der Waals surface area contributed by atoms with Crippen molar-refractivity contribution in [2.45, 2.75) is 6.17 Å². The summed E-state index contributed by atoms with van der Waals surface area (Å²) in [5.74, 6) is -0.0101. The summed E-state index contributed by atoms with van der Waals surface area (Å²) in [5.41, 5.74) is 3.51. The number of hydrogen-bond donors (Lipinski definition) is 0. The van der Waals surface area contributed by atoms with Gasteiger partial charge in [0.2, 0.25) is 0 Å². The molecule has 3 aromatic rings. The number of benzene rings is 1. The minimum Gasteiger partial charge on any atom is -0.340 e. The van der Waals surface area contributed by atoms with Gasteiger partial charge < -0.3 is 9.47 Å². The van der Waals surface area contributed by atoms with Crippen molar-refractivity contribution in [3.63, 3.8) is 0 Å². The predicted molar refractivity (Wildman–Crippen MR) is 102 cm³/mol. The molecule has 0 aliphatic carbocycles. The second-order valence-corrected chi connectivity index (χ2v) is 6.13. The molecule has 0 N–H and O–H groups in total. The summed E-state index contributed by atoms with van der Waals surface area (Å²) in [6.45, 7) is 4.51. The molecule has 0 bridgehead atoms. The zero-order valence-electron chi connectivity index (χ0n) is 14.3. The summed E-state index contributed by atoms with van der Waals surface area (Å²) >= 11 is 0.